The van der Waals surface area contributed by atoms with E-state index in [0.29, 0.717) is 26.1 Å². The molecule has 0 aliphatic carbocycles. The first-order valence-electron chi connectivity index (χ1n) is 6.69. The van der Waals surface area contributed by atoms with Crippen molar-refractivity contribution in [3.63, 3.8) is 0 Å². The highest BCUT2D eigenvalue weighted by molar-refractivity contribution is 7.88. The summed E-state index contributed by atoms with van der Waals surface area (Å²) in [5.41, 5.74) is 0. The van der Waals surface area contributed by atoms with Gasteiger partial charge in [-0.25, -0.2) is 13.4 Å². The molecule has 112 valence electrons. The standard InChI is InChI=1S/C12H20N4O3S/c1-20(18,19)16-7-3-2-4-11(16)12(17)14-6-9-15-8-5-13-10-15/h5,8,10-11H,2-4,6-7,9H2,1H3,(H,14,17)/t11-/m0/s1. The average molecular weight is 300 g/mol. The van der Waals surface area contributed by atoms with Crippen LogP contribution in [0.2, 0.25) is 0 Å². The normalized spacial score (nSPS) is 20.8. The molecule has 1 amide bonds. The van der Waals surface area contributed by atoms with E-state index < -0.39 is 16.1 Å². The number of aromatic nitrogens is 2. The van der Waals surface area contributed by atoms with Crippen molar-refractivity contribution in [1.29, 1.82) is 0 Å². The second-order valence-electron chi connectivity index (χ2n) is 4.98. The Morgan fingerprint density at radius 1 is 1.45 bits per heavy atom. The maximum absolute atomic E-state index is 12.1. The first kappa shape index (κ1) is 15.0. The summed E-state index contributed by atoms with van der Waals surface area (Å²) in [6.07, 6.45) is 8.60. The molecule has 1 saturated heterocycles. The fraction of sp³-hybridized carbons (Fsp3) is 0.667. The summed E-state index contributed by atoms with van der Waals surface area (Å²) in [6.45, 7) is 1.51. The van der Waals surface area contributed by atoms with Crippen molar-refractivity contribution in [3.05, 3.63) is 18.7 Å². The summed E-state index contributed by atoms with van der Waals surface area (Å²) >= 11 is 0. The Labute approximate surface area is 119 Å². The number of sulfonamides is 1. The minimum Gasteiger partial charge on any atom is -0.353 e. The van der Waals surface area contributed by atoms with Gasteiger partial charge in [0, 0.05) is 32.0 Å². The zero-order valence-electron chi connectivity index (χ0n) is 11.5. The molecule has 0 radical (unpaired) electrons. The average Bonchev–Trinajstić information content (AvgIpc) is 2.91. The first-order chi connectivity index (χ1) is 9.48. The molecule has 0 unspecified atom stereocenters. The smallest absolute Gasteiger partial charge is 0.238 e. The van der Waals surface area contributed by atoms with Gasteiger partial charge in [-0.3, -0.25) is 4.79 Å². The van der Waals surface area contributed by atoms with Gasteiger partial charge in [0.25, 0.3) is 0 Å². The van der Waals surface area contributed by atoms with Crippen LogP contribution in [0.25, 0.3) is 0 Å². The van der Waals surface area contributed by atoms with E-state index in [1.54, 1.807) is 12.5 Å². The van der Waals surface area contributed by atoms with Crippen LogP contribution >= 0.6 is 0 Å². The summed E-state index contributed by atoms with van der Waals surface area (Å²) in [6, 6.07) is -0.568. The lowest BCUT2D eigenvalue weighted by Crippen LogP contribution is -2.51. The number of hydrogen-bond acceptors (Lipinski definition) is 4. The van der Waals surface area contributed by atoms with E-state index in [-0.39, 0.29) is 5.91 Å². The van der Waals surface area contributed by atoms with Crippen LogP contribution in [0.3, 0.4) is 0 Å². The molecule has 1 aliphatic rings. The molecular weight excluding hydrogens is 280 g/mol. The molecule has 1 aliphatic heterocycles. The van der Waals surface area contributed by atoms with Gasteiger partial charge in [0.2, 0.25) is 15.9 Å². The topological polar surface area (TPSA) is 84.3 Å². The molecule has 0 saturated carbocycles. The zero-order valence-corrected chi connectivity index (χ0v) is 12.3. The summed E-state index contributed by atoms with van der Waals surface area (Å²) in [7, 11) is -3.33. The summed E-state index contributed by atoms with van der Waals surface area (Å²) < 4.78 is 26.6. The fourth-order valence-corrected chi connectivity index (χ4v) is 3.53. The van der Waals surface area contributed by atoms with E-state index >= 15 is 0 Å². The lowest BCUT2D eigenvalue weighted by molar-refractivity contribution is -0.125. The summed E-state index contributed by atoms with van der Waals surface area (Å²) in [4.78, 5) is 16.1. The van der Waals surface area contributed by atoms with E-state index in [2.05, 4.69) is 10.3 Å². The number of piperidine rings is 1. The minimum atomic E-state index is -3.33. The third kappa shape index (κ3) is 3.80. The number of nitrogens with zero attached hydrogens (tertiary/aromatic N) is 3. The summed E-state index contributed by atoms with van der Waals surface area (Å²) in [5.74, 6) is -0.213. The maximum Gasteiger partial charge on any atom is 0.238 e. The number of rotatable bonds is 5. The molecule has 2 heterocycles. The zero-order chi connectivity index (χ0) is 14.6. The Morgan fingerprint density at radius 2 is 2.25 bits per heavy atom. The number of carbonyl (C=O) groups excluding carboxylic acids is 1. The highest BCUT2D eigenvalue weighted by atomic mass is 32.2. The lowest BCUT2D eigenvalue weighted by Gasteiger charge is -2.32. The molecule has 2 rings (SSSR count). The van der Waals surface area contributed by atoms with Gasteiger partial charge in [-0.05, 0) is 12.8 Å². The van der Waals surface area contributed by atoms with Crippen LogP contribution in [0, 0.1) is 0 Å². The lowest BCUT2D eigenvalue weighted by atomic mass is 10.0. The van der Waals surface area contributed by atoms with Gasteiger partial charge in [0.15, 0.2) is 0 Å². The van der Waals surface area contributed by atoms with Crippen LogP contribution in [0.4, 0.5) is 0 Å². The Kier molecular flexibility index (Phi) is 4.77. The van der Waals surface area contributed by atoms with E-state index in [9.17, 15) is 13.2 Å². The van der Waals surface area contributed by atoms with Crippen LogP contribution < -0.4 is 5.32 Å². The Bertz CT molecular complexity index is 541. The van der Waals surface area contributed by atoms with Crippen molar-refractivity contribution in [2.45, 2.75) is 31.8 Å². The number of carbonyl (C=O) groups is 1. The van der Waals surface area contributed by atoms with E-state index in [4.69, 9.17) is 0 Å². The Hall–Kier alpha value is -1.41. The molecule has 0 aromatic carbocycles. The van der Waals surface area contributed by atoms with Crippen molar-refractivity contribution >= 4 is 15.9 Å². The Morgan fingerprint density at radius 3 is 2.90 bits per heavy atom. The molecule has 8 heteroatoms. The number of nitrogens with one attached hydrogen (secondary N) is 1. The largest absolute Gasteiger partial charge is 0.353 e. The molecule has 1 N–H and O–H groups in total. The van der Waals surface area contributed by atoms with Gasteiger partial charge >= 0.3 is 0 Å². The molecule has 7 nitrogen and oxygen atoms in total. The Balaban J connectivity index is 1.89. The van der Waals surface area contributed by atoms with E-state index in [0.717, 1.165) is 19.1 Å². The van der Waals surface area contributed by atoms with Gasteiger partial charge in [0.05, 0.1) is 12.6 Å². The van der Waals surface area contributed by atoms with Crippen LogP contribution in [-0.2, 0) is 21.4 Å². The van der Waals surface area contributed by atoms with Crippen molar-refractivity contribution in [2.24, 2.45) is 0 Å². The highest BCUT2D eigenvalue weighted by Crippen LogP contribution is 2.19. The number of hydrogen-bond donors (Lipinski definition) is 1. The SMILES string of the molecule is CS(=O)(=O)N1CCCC[C@H]1C(=O)NCCn1ccnc1. The predicted octanol–water partition coefficient (Wildman–Crippen LogP) is -0.187. The molecule has 0 bridgehead atoms. The number of imidazole rings is 1. The highest BCUT2D eigenvalue weighted by Gasteiger charge is 2.34. The van der Waals surface area contributed by atoms with Gasteiger partial charge in [-0.2, -0.15) is 4.31 Å². The van der Waals surface area contributed by atoms with Crippen LogP contribution in [0.5, 0.6) is 0 Å². The molecule has 1 fully saturated rings. The van der Waals surface area contributed by atoms with E-state index in [1.807, 2.05) is 10.8 Å². The third-order valence-corrected chi connectivity index (χ3v) is 4.70. The molecule has 1 aromatic heterocycles. The molecule has 1 atom stereocenters. The molecule has 20 heavy (non-hydrogen) atoms. The number of amides is 1. The maximum atomic E-state index is 12.1. The van der Waals surface area contributed by atoms with Gasteiger partial charge < -0.3 is 9.88 Å². The molecule has 0 spiro atoms. The second kappa shape index (κ2) is 6.36. The minimum absolute atomic E-state index is 0.213. The van der Waals surface area contributed by atoms with Crippen molar-refractivity contribution in [1.82, 2.24) is 19.2 Å². The van der Waals surface area contributed by atoms with Crippen LogP contribution in [0.1, 0.15) is 19.3 Å². The van der Waals surface area contributed by atoms with Crippen molar-refractivity contribution in [2.75, 3.05) is 19.3 Å². The van der Waals surface area contributed by atoms with Gasteiger partial charge in [-0.1, -0.05) is 6.42 Å². The second-order valence-corrected chi connectivity index (χ2v) is 6.91. The van der Waals surface area contributed by atoms with Crippen LogP contribution in [-0.4, -0.2) is 53.6 Å². The summed E-state index contributed by atoms with van der Waals surface area (Å²) in [5, 5.41) is 2.80. The van der Waals surface area contributed by atoms with Crippen molar-refractivity contribution in [3.8, 4) is 0 Å². The molecular formula is C12H20N4O3S. The third-order valence-electron chi connectivity index (χ3n) is 3.41. The first-order valence-corrected chi connectivity index (χ1v) is 8.53. The van der Waals surface area contributed by atoms with Crippen molar-refractivity contribution < 1.29 is 13.2 Å². The quantitative estimate of drug-likeness (QED) is 0.817. The van der Waals surface area contributed by atoms with Gasteiger partial charge in [-0.15, -0.1) is 0 Å². The van der Waals surface area contributed by atoms with Crippen LogP contribution in [0.15, 0.2) is 18.7 Å². The monoisotopic (exact) mass is 300 g/mol. The van der Waals surface area contributed by atoms with E-state index in [1.165, 1.54) is 4.31 Å². The fourth-order valence-electron chi connectivity index (χ4n) is 2.41. The molecule has 1 aromatic rings. The van der Waals surface area contributed by atoms with Gasteiger partial charge in [0.1, 0.15) is 6.04 Å². The predicted molar refractivity (Wildman–Crippen MR) is 74.4 cm³/mol.